The van der Waals surface area contributed by atoms with Gasteiger partial charge in [0.2, 0.25) is 5.91 Å². The lowest BCUT2D eigenvalue weighted by Gasteiger charge is -2.41. The Hall–Kier alpha value is -0.990. The molecule has 1 aliphatic carbocycles. The average molecular weight is 208 g/mol. The number of carbonyl (C=O) groups excluding carboxylic acids is 1. The maximum atomic E-state index is 11.9. The second kappa shape index (κ2) is 3.87. The van der Waals surface area contributed by atoms with Crippen molar-refractivity contribution in [1.82, 2.24) is 9.80 Å². The van der Waals surface area contributed by atoms with Crippen molar-refractivity contribution in [3.05, 3.63) is 12.3 Å². The normalized spacial score (nSPS) is 26.7. The standard InChI is InChI=1S/C12H20N2O/c1-9(2)13-6-7-14(10(3)8-13)12(15)11-4-5-11/h10-11H,1,4-8H2,2-3H3. The molecule has 0 radical (unpaired) electrons. The van der Waals surface area contributed by atoms with E-state index in [2.05, 4.69) is 23.3 Å². The fraction of sp³-hybridized carbons (Fsp3) is 0.750. The highest BCUT2D eigenvalue weighted by molar-refractivity contribution is 5.81. The molecule has 15 heavy (non-hydrogen) atoms. The van der Waals surface area contributed by atoms with Crippen LogP contribution in [0.2, 0.25) is 0 Å². The lowest BCUT2D eigenvalue weighted by molar-refractivity contribution is -0.136. The minimum Gasteiger partial charge on any atom is -0.372 e. The summed E-state index contributed by atoms with van der Waals surface area (Å²) in [5, 5.41) is 0. The van der Waals surface area contributed by atoms with Gasteiger partial charge in [-0.15, -0.1) is 0 Å². The van der Waals surface area contributed by atoms with Crippen molar-refractivity contribution in [2.75, 3.05) is 19.6 Å². The van der Waals surface area contributed by atoms with E-state index in [9.17, 15) is 4.79 Å². The van der Waals surface area contributed by atoms with Crippen LogP contribution in [-0.2, 0) is 4.79 Å². The minimum atomic E-state index is 0.337. The van der Waals surface area contributed by atoms with Gasteiger partial charge in [-0.2, -0.15) is 0 Å². The van der Waals surface area contributed by atoms with Gasteiger partial charge < -0.3 is 9.80 Å². The third kappa shape index (κ3) is 2.16. The van der Waals surface area contributed by atoms with Crippen LogP contribution in [-0.4, -0.2) is 41.4 Å². The van der Waals surface area contributed by atoms with Gasteiger partial charge in [-0.25, -0.2) is 0 Å². The molecular formula is C12H20N2O. The van der Waals surface area contributed by atoms with Crippen LogP contribution in [0.25, 0.3) is 0 Å². The van der Waals surface area contributed by atoms with E-state index in [1.54, 1.807) is 0 Å². The number of piperazine rings is 1. The first-order valence-corrected chi connectivity index (χ1v) is 5.80. The summed E-state index contributed by atoms with van der Waals surface area (Å²) < 4.78 is 0. The molecule has 0 spiro atoms. The number of hydrogen-bond acceptors (Lipinski definition) is 2. The van der Waals surface area contributed by atoms with E-state index in [1.165, 1.54) is 0 Å². The largest absolute Gasteiger partial charge is 0.372 e. The summed E-state index contributed by atoms with van der Waals surface area (Å²) in [5.41, 5.74) is 1.11. The molecule has 1 saturated heterocycles. The number of nitrogens with zero attached hydrogens (tertiary/aromatic N) is 2. The Kier molecular flexibility index (Phi) is 2.72. The first kappa shape index (κ1) is 10.5. The SMILES string of the molecule is C=C(C)N1CCN(C(=O)C2CC2)C(C)C1. The fourth-order valence-corrected chi connectivity index (χ4v) is 2.20. The van der Waals surface area contributed by atoms with Gasteiger partial charge in [0.1, 0.15) is 0 Å². The van der Waals surface area contributed by atoms with E-state index in [0.29, 0.717) is 17.9 Å². The van der Waals surface area contributed by atoms with E-state index in [4.69, 9.17) is 0 Å². The van der Waals surface area contributed by atoms with Crippen LogP contribution in [0.1, 0.15) is 26.7 Å². The zero-order valence-electron chi connectivity index (χ0n) is 9.70. The molecule has 1 aliphatic heterocycles. The third-order valence-corrected chi connectivity index (χ3v) is 3.38. The second-order valence-electron chi connectivity index (χ2n) is 4.84. The zero-order valence-corrected chi connectivity index (χ0v) is 9.70. The molecule has 1 amide bonds. The molecule has 1 unspecified atom stereocenters. The Labute approximate surface area is 91.7 Å². The fourth-order valence-electron chi connectivity index (χ4n) is 2.20. The summed E-state index contributed by atoms with van der Waals surface area (Å²) in [6.07, 6.45) is 2.21. The molecule has 0 aromatic carbocycles. The highest BCUT2D eigenvalue weighted by atomic mass is 16.2. The molecule has 2 fully saturated rings. The molecule has 0 N–H and O–H groups in total. The molecule has 3 heteroatoms. The van der Waals surface area contributed by atoms with E-state index in [-0.39, 0.29) is 0 Å². The quantitative estimate of drug-likeness (QED) is 0.686. The summed E-state index contributed by atoms with van der Waals surface area (Å²) in [7, 11) is 0. The molecule has 2 aliphatic rings. The van der Waals surface area contributed by atoms with Crippen molar-refractivity contribution in [1.29, 1.82) is 0 Å². The van der Waals surface area contributed by atoms with E-state index < -0.39 is 0 Å². The average Bonchev–Trinajstić information content (AvgIpc) is 2.99. The van der Waals surface area contributed by atoms with E-state index in [1.807, 2.05) is 6.92 Å². The van der Waals surface area contributed by atoms with Crippen molar-refractivity contribution < 1.29 is 4.79 Å². The van der Waals surface area contributed by atoms with Crippen LogP contribution in [0.5, 0.6) is 0 Å². The van der Waals surface area contributed by atoms with Crippen molar-refractivity contribution in [2.45, 2.75) is 32.7 Å². The van der Waals surface area contributed by atoms with Crippen molar-refractivity contribution >= 4 is 5.91 Å². The Bertz CT molecular complexity index is 283. The molecule has 1 atom stereocenters. The lowest BCUT2D eigenvalue weighted by Crippen LogP contribution is -2.53. The van der Waals surface area contributed by atoms with Gasteiger partial charge in [0.25, 0.3) is 0 Å². The van der Waals surface area contributed by atoms with Crippen LogP contribution in [0.15, 0.2) is 12.3 Å². The molecular weight excluding hydrogens is 188 g/mol. The summed E-state index contributed by atoms with van der Waals surface area (Å²) in [6.45, 7) is 10.9. The molecule has 0 aromatic heterocycles. The Balaban J connectivity index is 1.94. The van der Waals surface area contributed by atoms with Gasteiger partial charge in [0.05, 0.1) is 0 Å². The number of hydrogen-bond donors (Lipinski definition) is 0. The number of carbonyl (C=O) groups is 1. The predicted octanol–water partition coefficient (Wildman–Crippen LogP) is 1.46. The van der Waals surface area contributed by atoms with Crippen LogP contribution in [0.3, 0.4) is 0 Å². The smallest absolute Gasteiger partial charge is 0.226 e. The van der Waals surface area contributed by atoms with Gasteiger partial charge in [0, 0.05) is 37.3 Å². The van der Waals surface area contributed by atoms with Gasteiger partial charge in [-0.1, -0.05) is 6.58 Å². The van der Waals surface area contributed by atoms with Gasteiger partial charge >= 0.3 is 0 Å². The van der Waals surface area contributed by atoms with Crippen molar-refractivity contribution in [3.8, 4) is 0 Å². The van der Waals surface area contributed by atoms with Crippen molar-refractivity contribution in [2.24, 2.45) is 5.92 Å². The Morgan fingerprint density at radius 3 is 2.47 bits per heavy atom. The van der Waals surface area contributed by atoms with E-state index in [0.717, 1.165) is 38.2 Å². The molecule has 0 aromatic rings. The topological polar surface area (TPSA) is 23.6 Å². The molecule has 84 valence electrons. The summed E-state index contributed by atoms with van der Waals surface area (Å²) in [4.78, 5) is 16.3. The Morgan fingerprint density at radius 2 is 2.00 bits per heavy atom. The van der Waals surface area contributed by atoms with Crippen LogP contribution in [0, 0.1) is 5.92 Å². The van der Waals surface area contributed by atoms with Gasteiger partial charge in [-0.05, 0) is 26.7 Å². The number of amides is 1. The molecule has 0 bridgehead atoms. The van der Waals surface area contributed by atoms with Crippen molar-refractivity contribution in [3.63, 3.8) is 0 Å². The third-order valence-electron chi connectivity index (χ3n) is 3.38. The maximum Gasteiger partial charge on any atom is 0.226 e. The first-order valence-electron chi connectivity index (χ1n) is 5.80. The lowest BCUT2D eigenvalue weighted by atomic mass is 10.1. The maximum absolute atomic E-state index is 11.9. The molecule has 3 nitrogen and oxygen atoms in total. The highest BCUT2D eigenvalue weighted by Gasteiger charge is 2.37. The zero-order chi connectivity index (χ0) is 11.0. The first-order chi connectivity index (χ1) is 7.09. The van der Waals surface area contributed by atoms with Gasteiger partial charge in [-0.3, -0.25) is 4.79 Å². The monoisotopic (exact) mass is 208 g/mol. The second-order valence-corrected chi connectivity index (χ2v) is 4.84. The van der Waals surface area contributed by atoms with Gasteiger partial charge in [0.15, 0.2) is 0 Å². The predicted molar refractivity (Wildman–Crippen MR) is 60.3 cm³/mol. The summed E-state index contributed by atoms with van der Waals surface area (Å²) in [6, 6.07) is 0.337. The summed E-state index contributed by atoms with van der Waals surface area (Å²) in [5.74, 6) is 0.729. The van der Waals surface area contributed by atoms with Crippen LogP contribution >= 0.6 is 0 Å². The molecule has 1 saturated carbocycles. The number of allylic oxidation sites excluding steroid dienone is 1. The minimum absolute atomic E-state index is 0.337. The van der Waals surface area contributed by atoms with Crippen LogP contribution < -0.4 is 0 Å². The highest BCUT2D eigenvalue weighted by Crippen LogP contribution is 2.32. The molecule has 2 rings (SSSR count). The number of rotatable bonds is 2. The van der Waals surface area contributed by atoms with E-state index >= 15 is 0 Å². The van der Waals surface area contributed by atoms with Crippen LogP contribution in [0.4, 0.5) is 0 Å². The molecule has 1 heterocycles. The summed E-state index contributed by atoms with van der Waals surface area (Å²) >= 11 is 0. The Morgan fingerprint density at radius 1 is 1.33 bits per heavy atom.